The highest BCUT2D eigenvalue weighted by atomic mass is 32.1. The molecular formula is C9H14N2O2S. The van der Waals surface area contributed by atoms with Crippen molar-refractivity contribution in [3.05, 3.63) is 22.4 Å². The molecule has 0 saturated heterocycles. The van der Waals surface area contributed by atoms with E-state index in [1.165, 1.54) is 4.88 Å². The molecule has 0 bridgehead atoms. The lowest BCUT2D eigenvalue weighted by Gasteiger charge is -2.14. The molecule has 4 nitrogen and oxygen atoms in total. The molecule has 1 heterocycles. The molecule has 1 aromatic rings. The first-order valence-corrected chi connectivity index (χ1v) is 5.31. The normalized spacial score (nSPS) is 12.6. The highest BCUT2D eigenvalue weighted by Crippen LogP contribution is 2.21. The Hall–Kier alpha value is -0.910. The van der Waals surface area contributed by atoms with E-state index in [2.05, 4.69) is 5.48 Å². The Kier molecular flexibility index (Phi) is 4.58. The molecule has 78 valence electrons. The van der Waals surface area contributed by atoms with Crippen molar-refractivity contribution in [2.75, 3.05) is 6.61 Å². The van der Waals surface area contributed by atoms with Gasteiger partial charge in [-0.05, 0) is 17.9 Å². The fourth-order valence-corrected chi connectivity index (χ4v) is 1.90. The third-order valence-electron chi connectivity index (χ3n) is 1.73. The van der Waals surface area contributed by atoms with Crippen LogP contribution >= 0.6 is 11.3 Å². The van der Waals surface area contributed by atoms with Gasteiger partial charge in [0.1, 0.15) is 6.61 Å². The number of amides is 1. The van der Waals surface area contributed by atoms with Gasteiger partial charge in [-0.3, -0.25) is 9.63 Å². The molecule has 1 aromatic heterocycles. The smallest absolute Gasteiger partial charge is 0.245 e. The molecule has 1 unspecified atom stereocenters. The first-order chi connectivity index (χ1) is 6.74. The van der Waals surface area contributed by atoms with Gasteiger partial charge in [0.25, 0.3) is 0 Å². The summed E-state index contributed by atoms with van der Waals surface area (Å²) in [4.78, 5) is 16.6. The quantitative estimate of drug-likeness (QED) is 0.699. The van der Waals surface area contributed by atoms with Gasteiger partial charge in [0.15, 0.2) is 0 Å². The lowest BCUT2D eigenvalue weighted by molar-refractivity contribution is -0.126. The summed E-state index contributed by atoms with van der Waals surface area (Å²) in [6.45, 7) is 1.95. The predicted molar refractivity (Wildman–Crippen MR) is 55.6 cm³/mol. The number of thiophene rings is 1. The Balaban J connectivity index is 2.36. The van der Waals surface area contributed by atoms with E-state index in [0.29, 0.717) is 0 Å². The number of hydroxylamine groups is 1. The Labute approximate surface area is 87.0 Å². The highest BCUT2D eigenvalue weighted by molar-refractivity contribution is 7.10. The second-order valence-electron chi connectivity index (χ2n) is 2.85. The lowest BCUT2D eigenvalue weighted by Crippen LogP contribution is -2.27. The Morgan fingerprint density at radius 2 is 2.57 bits per heavy atom. The molecule has 0 aromatic carbocycles. The number of carbonyl (C=O) groups excluding carboxylic acids is 1. The van der Waals surface area contributed by atoms with Gasteiger partial charge in [0, 0.05) is 4.88 Å². The standard InChI is InChI=1S/C9H14N2O2S/c1-2-7(8-4-3-5-14-8)11-13-6-9(10)12/h3-5,7,11H,2,6H2,1H3,(H2,10,12). The number of primary amides is 1. The lowest BCUT2D eigenvalue weighted by atomic mass is 10.2. The van der Waals surface area contributed by atoms with Crippen molar-refractivity contribution in [1.82, 2.24) is 5.48 Å². The molecule has 0 fully saturated rings. The summed E-state index contributed by atoms with van der Waals surface area (Å²) < 4.78 is 0. The molecule has 1 rings (SSSR count). The molecule has 0 radical (unpaired) electrons. The maximum absolute atomic E-state index is 10.4. The molecule has 0 aliphatic heterocycles. The molecular weight excluding hydrogens is 200 g/mol. The van der Waals surface area contributed by atoms with Gasteiger partial charge in [0.05, 0.1) is 6.04 Å². The van der Waals surface area contributed by atoms with Gasteiger partial charge < -0.3 is 5.73 Å². The van der Waals surface area contributed by atoms with Crippen molar-refractivity contribution < 1.29 is 9.63 Å². The maximum Gasteiger partial charge on any atom is 0.245 e. The largest absolute Gasteiger partial charge is 0.368 e. The number of carbonyl (C=O) groups is 1. The predicted octanol–water partition coefficient (Wildman–Crippen LogP) is 1.21. The average Bonchev–Trinajstić information content (AvgIpc) is 2.64. The molecule has 1 amide bonds. The van der Waals surface area contributed by atoms with Crippen LogP contribution in [0.25, 0.3) is 0 Å². The van der Waals surface area contributed by atoms with Crippen molar-refractivity contribution >= 4 is 17.2 Å². The minimum absolute atomic E-state index is 0.0954. The van der Waals surface area contributed by atoms with Crippen LogP contribution in [-0.4, -0.2) is 12.5 Å². The van der Waals surface area contributed by atoms with Crippen LogP contribution in [0.3, 0.4) is 0 Å². The van der Waals surface area contributed by atoms with E-state index in [-0.39, 0.29) is 12.6 Å². The maximum atomic E-state index is 10.4. The van der Waals surface area contributed by atoms with Gasteiger partial charge >= 0.3 is 0 Å². The summed E-state index contributed by atoms with van der Waals surface area (Å²) in [5.74, 6) is -0.474. The fraction of sp³-hybridized carbons (Fsp3) is 0.444. The number of nitrogens with one attached hydrogen (secondary N) is 1. The summed E-state index contributed by atoms with van der Waals surface area (Å²) in [5, 5.41) is 2.01. The van der Waals surface area contributed by atoms with Gasteiger partial charge in [0.2, 0.25) is 5.91 Å². The van der Waals surface area contributed by atoms with Crippen molar-refractivity contribution in [2.24, 2.45) is 5.73 Å². The van der Waals surface area contributed by atoms with Crippen molar-refractivity contribution in [3.63, 3.8) is 0 Å². The topological polar surface area (TPSA) is 64.3 Å². The molecule has 0 aliphatic rings. The third kappa shape index (κ3) is 3.45. The molecule has 0 aliphatic carbocycles. The first-order valence-electron chi connectivity index (χ1n) is 4.43. The number of hydrogen-bond acceptors (Lipinski definition) is 4. The zero-order valence-corrected chi connectivity index (χ0v) is 8.84. The second-order valence-corrected chi connectivity index (χ2v) is 3.83. The van der Waals surface area contributed by atoms with Crippen molar-refractivity contribution in [3.8, 4) is 0 Å². The summed E-state index contributed by atoms with van der Waals surface area (Å²) in [6.07, 6.45) is 0.902. The van der Waals surface area contributed by atoms with Crippen LogP contribution in [0.2, 0.25) is 0 Å². The van der Waals surface area contributed by atoms with Crippen LogP contribution in [0.5, 0.6) is 0 Å². The van der Waals surface area contributed by atoms with E-state index in [9.17, 15) is 4.79 Å². The number of hydrogen-bond donors (Lipinski definition) is 2. The van der Waals surface area contributed by atoms with Crippen LogP contribution in [-0.2, 0) is 9.63 Å². The van der Waals surface area contributed by atoms with Crippen LogP contribution in [0.1, 0.15) is 24.3 Å². The van der Waals surface area contributed by atoms with Crippen LogP contribution < -0.4 is 11.2 Å². The molecule has 5 heteroatoms. The monoisotopic (exact) mass is 214 g/mol. The van der Waals surface area contributed by atoms with Crippen LogP contribution in [0, 0.1) is 0 Å². The fourth-order valence-electron chi connectivity index (χ4n) is 1.05. The van der Waals surface area contributed by atoms with E-state index >= 15 is 0 Å². The summed E-state index contributed by atoms with van der Waals surface area (Å²) >= 11 is 1.66. The van der Waals surface area contributed by atoms with E-state index < -0.39 is 5.91 Å². The van der Waals surface area contributed by atoms with Crippen molar-refractivity contribution in [1.29, 1.82) is 0 Å². The third-order valence-corrected chi connectivity index (χ3v) is 2.72. The highest BCUT2D eigenvalue weighted by Gasteiger charge is 2.09. The molecule has 1 atom stereocenters. The van der Waals surface area contributed by atoms with E-state index in [1.54, 1.807) is 11.3 Å². The van der Waals surface area contributed by atoms with Gasteiger partial charge in [-0.2, -0.15) is 5.48 Å². The average molecular weight is 214 g/mol. The van der Waals surface area contributed by atoms with Gasteiger partial charge in [-0.1, -0.05) is 13.0 Å². The molecule has 0 spiro atoms. The van der Waals surface area contributed by atoms with E-state index in [4.69, 9.17) is 10.6 Å². The summed E-state index contributed by atoms with van der Waals surface area (Å²) in [5.41, 5.74) is 7.75. The second kappa shape index (κ2) is 5.74. The zero-order chi connectivity index (χ0) is 10.4. The summed E-state index contributed by atoms with van der Waals surface area (Å²) in [7, 11) is 0. The van der Waals surface area contributed by atoms with Crippen LogP contribution in [0.15, 0.2) is 17.5 Å². The Bertz CT molecular complexity index is 274. The van der Waals surface area contributed by atoms with Crippen molar-refractivity contribution in [2.45, 2.75) is 19.4 Å². The molecule has 14 heavy (non-hydrogen) atoms. The SMILES string of the molecule is CCC(NOCC(N)=O)c1cccs1. The Morgan fingerprint density at radius 3 is 3.07 bits per heavy atom. The van der Waals surface area contributed by atoms with E-state index in [1.807, 2.05) is 24.4 Å². The number of nitrogens with two attached hydrogens (primary N) is 1. The number of rotatable bonds is 6. The summed E-state index contributed by atoms with van der Waals surface area (Å²) in [6, 6.07) is 4.15. The van der Waals surface area contributed by atoms with Crippen LogP contribution in [0.4, 0.5) is 0 Å². The molecule has 3 N–H and O–H groups in total. The minimum atomic E-state index is -0.474. The minimum Gasteiger partial charge on any atom is -0.368 e. The van der Waals surface area contributed by atoms with Gasteiger partial charge in [-0.25, -0.2) is 0 Å². The zero-order valence-electron chi connectivity index (χ0n) is 8.03. The van der Waals surface area contributed by atoms with Gasteiger partial charge in [-0.15, -0.1) is 11.3 Å². The Morgan fingerprint density at radius 1 is 1.79 bits per heavy atom. The van der Waals surface area contributed by atoms with E-state index in [0.717, 1.165) is 6.42 Å². The first kappa shape index (κ1) is 11.2. The molecule has 0 saturated carbocycles.